The van der Waals surface area contributed by atoms with Crippen LogP contribution in [0.4, 0.5) is 5.00 Å². The number of amides is 1. The van der Waals surface area contributed by atoms with Crippen molar-refractivity contribution in [2.24, 2.45) is 0 Å². The van der Waals surface area contributed by atoms with Crippen molar-refractivity contribution >= 4 is 28.2 Å². The van der Waals surface area contributed by atoms with Crippen LogP contribution in [-0.4, -0.2) is 40.9 Å². The number of likely N-dealkylation sites (tertiary alicyclic amines) is 1. The topological polar surface area (TPSA) is 89.8 Å². The Labute approximate surface area is 131 Å². The Morgan fingerprint density at radius 3 is 2.95 bits per heavy atom. The third kappa shape index (κ3) is 3.51. The molecule has 2 rings (SSSR count). The molecule has 118 valence electrons. The van der Waals surface area contributed by atoms with Gasteiger partial charge in [-0.3, -0.25) is 14.9 Å². The second-order valence-electron chi connectivity index (χ2n) is 4.75. The number of nitrogens with zero attached hydrogens (tertiary/aromatic N) is 2. The minimum absolute atomic E-state index is 0.0882. The SMILES string of the molecule is C/C=C/COC(=O)[C@H]1CCCN1C(=O)c1ccc([N+](=O)[O-])s1. The third-order valence-corrected chi connectivity index (χ3v) is 4.35. The van der Waals surface area contributed by atoms with Gasteiger partial charge < -0.3 is 9.64 Å². The van der Waals surface area contributed by atoms with Crippen LogP contribution in [0.15, 0.2) is 24.3 Å². The van der Waals surface area contributed by atoms with Crippen LogP contribution in [0.3, 0.4) is 0 Å². The van der Waals surface area contributed by atoms with Gasteiger partial charge in [0.15, 0.2) is 0 Å². The number of thiophene rings is 1. The highest BCUT2D eigenvalue weighted by atomic mass is 32.1. The number of hydrogen-bond donors (Lipinski definition) is 0. The van der Waals surface area contributed by atoms with Crippen molar-refractivity contribution in [3.8, 4) is 0 Å². The quantitative estimate of drug-likeness (QED) is 0.359. The van der Waals surface area contributed by atoms with Crippen LogP contribution in [0.2, 0.25) is 0 Å². The summed E-state index contributed by atoms with van der Waals surface area (Å²) in [6, 6.07) is 2.11. The first-order chi connectivity index (χ1) is 10.5. The number of esters is 1. The molecule has 22 heavy (non-hydrogen) atoms. The van der Waals surface area contributed by atoms with Crippen LogP contribution < -0.4 is 0 Å². The smallest absolute Gasteiger partial charge is 0.329 e. The summed E-state index contributed by atoms with van der Waals surface area (Å²) in [7, 11) is 0. The van der Waals surface area contributed by atoms with E-state index in [-0.39, 0.29) is 22.4 Å². The maximum Gasteiger partial charge on any atom is 0.329 e. The predicted octanol–water partition coefficient (Wildman–Crippen LogP) is 2.38. The lowest BCUT2D eigenvalue weighted by Gasteiger charge is -2.22. The van der Waals surface area contributed by atoms with E-state index in [4.69, 9.17) is 4.74 Å². The van der Waals surface area contributed by atoms with Crippen molar-refractivity contribution < 1.29 is 19.2 Å². The highest BCUT2D eigenvalue weighted by Crippen LogP contribution is 2.28. The van der Waals surface area contributed by atoms with Gasteiger partial charge in [0.1, 0.15) is 12.6 Å². The lowest BCUT2D eigenvalue weighted by molar-refractivity contribution is -0.380. The van der Waals surface area contributed by atoms with E-state index in [0.29, 0.717) is 19.4 Å². The van der Waals surface area contributed by atoms with Gasteiger partial charge in [-0.2, -0.15) is 0 Å². The van der Waals surface area contributed by atoms with Crippen molar-refractivity contribution in [2.45, 2.75) is 25.8 Å². The molecule has 1 aliphatic rings. The van der Waals surface area contributed by atoms with Crippen LogP contribution in [0.25, 0.3) is 0 Å². The van der Waals surface area contributed by atoms with Gasteiger partial charge in [0.05, 0.1) is 9.80 Å². The molecule has 1 fully saturated rings. The van der Waals surface area contributed by atoms with E-state index >= 15 is 0 Å². The summed E-state index contributed by atoms with van der Waals surface area (Å²) in [5.74, 6) is -0.793. The summed E-state index contributed by atoms with van der Waals surface area (Å²) < 4.78 is 5.10. The van der Waals surface area contributed by atoms with E-state index in [1.165, 1.54) is 17.0 Å². The van der Waals surface area contributed by atoms with Crippen LogP contribution in [0.1, 0.15) is 29.4 Å². The summed E-state index contributed by atoms with van der Waals surface area (Å²) in [5, 5.41) is 10.6. The van der Waals surface area contributed by atoms with E-state index in [9.17, 15) is 19.7 Å². The van der Waals surface area contributed by atoms with Crippen LogP contribution >= 0.6 is 11.3 Å². The number of hydrogen-bond acceptors (Lipinski definition) is 6. The van der Waals surface area contributed by atoms with Gasteiger partial charge in [0.2, 0.25) is 0 Å². The van der Waals surface area contributed by atoms with Gasteiger partial charge in [0, 0.05) is 12.6 Å². The molecule has 0 aliphatic carbocycles. The second kappa shape index (κ2) is 7.17. The van der Waals surface area contributed by atoms with E-state index in [1.54, 1.807) is 12.2 Å². The van der Waals surface area contributed by atoms with Gasteiger partial charge in [-0.05, 0) is 25.8 Å². The summed E-state index contributed by atoms with van der Waals surface area (Å²) in [6.07, 6.45) is 4.74. The molecule has 2 heterocycles. The van der Waals surface area contributed by atoms with Crippen molar-refractivity contribution in [3.63, 3.8) is 0 Å². The number of allylic oxidation sites excluding steroid dienone is 1. The maximum absolute atomic E-state index is 12.4. The summed E-state index contributed by atoms with van der Waals surface area (Å²) >= 11 is 0.818. The molecule has 8 heteroatoms. The number of nitro groups is 1. The van der Waals surface area contributed by atoms with E-state index in [1.807, 2.05) is 6.92 Å². The number of carbonyl (C=O) groups excluding carboxylic acids is 2. The largest absolute Gasteiger partial charge is 0.460 e. The van der Waals surface area contributed by atoms with Crippen LogP contribution in [0, 0.1) is 10.1 Å². The number of carbonyl (C=O) groups is 2. The summed E-state index contributed by atoms with van der Waals surface area (Å²) in [6.45, 7) is 2.45. The molecule has 7 nitrogen and oxygen atoms in total. The lowest BCUT2D eigenvalue weighted by atomic mass is 10.2. The molecule has 0 aromatic carbocycles. The Kier molecular flexibility index (Phi) is 5.26. The maximum atomic E-state index is 12.4. The third-order valence-electron chi connectivity index (χ3n) is 3.33. The van der Waals surface area contributed by atoms with Gasteiger partial charge in [-0.1, -0.05) is 23.5 Å². The standard InChI is InChI=1S/C14H16N2O5S/c1-2-3-9-21-14(18)10-5-4-8-15(10)13(17)11-6-7-12(22-11)16(19)20/h2-3,6-7,10H,4-5,8-9H2,1H3/b3-2+/t10-/m1/s1. The molecule has 1 atom stereocenters. The fourth-order valence-corrected chi connectivity index (χ4v) is 3.04. The molecule has 1 aliphatic heterocycles. The Balaban J connectivity index is 2.07. The normalized spacial score (nSPS) is 17.9. The molecule has 1 amide bonds. The molecule has 0 radical (unpaired) electrons. The van der Waals surface area contributed by atoms with Crippen molar-refractivity contribution in [3.05, 3.63) is 39.3 Å². The van der Waals surface area contributed by atoms with Gasteiger partial charge in [-0.15, -0.1) is 0 Å². The molecule has 1 saturated heterocycles. The zero-order chi connectivity index (χ0) is 16.1. The first-order valence-electron chi connectivity index (χ1n) is 6.87. The van der Waals surface area contributed by atoms with Crippen LogP contribution in [0.5, 0.6) is 0 Å². The molecule has 1 aromatic rings. The fraction of sp³-hybridized carbons (Fsp3) is 0.429. The monoisotopic (exact) mass is 324 g/mol. The number of rotatable bonds is 5. The molecule has 0 bridgehead atoms. The fourth-order valence-electron chi connectivity index (χ4n) is 2.26. The molecule has 0 spiro atoms. The zero-order valence-corrected chi connectivity index (χ0v) is 12.9. The molecular weight excluding hydrogens is 308 g/mol. The van der Waals surface area contributed by atoms with Crippen molar-refractivity contribution in [1.29, 1.82) is 0 Å². The molecule has 1 aromatic heterocycles. The Morgan fingerprint density at radius 2 is 2.32 bits per heavy atom. The molecule has 0 N–H and O–H groups in total. The van der Waals surface area contributed by atoms with E-state index in [2.05, 4.69) is 0 Å². The first-order valence-corrected chi connectivity index (χ1v) is 7.69. The number of ether oxygens (including phenoxy) is 1. The molecule has 0 saturated carbocycles. The minimum atomic E-state index is -0.612. The molecule has 0 unspecified atom stereocenters. The molecular formula is C14H16N2O5S. The lowest BCUT2D eigenvalue weighted by Crippen LogP contribution is -2.41. The highest BCUT2D eigenvalue weighted by molar-refractivity contribution is 7.17. The van der Waals surface area contributed by atoms with Crippen molar-refractivity contribution in [1.82, 2.24) is 4.90 Å². The van der Waals surface area contributed by atoms with Gasteiger partial charge in [0.25, 0.3) is 5.91 Å². The van der Waals surface area contributed by atoms with E-state index < -0.39 is 16.9 Å². The van der Waals surface area contributed by atoms with E-state index in [0.717, 1.165) is 11.3 Å². The minimum Gasteiger partial charge on any atom is -0.460 e. The van der Waals surface area contributed by atoms with Crippen LogP contribution in [-0.2, 0) is 9.53 Å². The Bertz CT molecular complexity index is 610. The first kappa shape index (κ1) is 16.2. The Morgan fingerprint density at radius 1 is 1.55 bits per heavy atom. The second-order valence-corrected chi connectivity index (χ2v) is 5.81. The van der Waals surface area contributed by atoms with Gasteiger partial charge in [-0.25, -0.2) is 4.79 Å². The summed E-state index contributed by atoms with van der Waals surface area (Å²) in [5.41, 5.74) is 0. The summed E-state index contributed by atoms with van der Waals surface area (Å²) in [4.78, 5) is 36.3. The van der Waals surface area contributed by atoms with Crippen molar-refractivity contribution in [2.75, 3.05) is 13.2 Å². The van der Waals surface area contributed by atoms with Gasteiger partial charge >= 0.3 is 11.0 Å². The average Bonchev–Trinajstić information content (AvgIpc) is 3.16. The predicted molar refractivity (Wildman–Crippen MR) is 80.8 cm³/mol. The zero-order valence-electron chi connectivity index (χ0n) is 12.1. The highest BCUT2D eigenvalue weighted by Gasteiger charge is 2.36. The average molecular weight is 324 g/mol. The Hall–Kier alpha value is -2.22.